The van der Waals surface area contributed by atoms with Gasteiger partial charge in [0.1, 0.15) is 13.1 Å². The molecule has 1 spiro atoms. The van der Waals surface area contributed by atoms with Crippen LogP contribution in [0.2, 0.25) is 0 Å². The molecule has 4 rings (SSSR count). The molecule has 10 heteroatoms. The predicted molar refractivity (Wildman–Crippen MR) is 120 cm³/mol. The van der Waals surface area contributed by atoms with E-state index < -0.39 is 23.6 Å². The van der Waals surface area contributed by atoms with Crippen molar-refractivity contribution in [2.75, 3.05) is 26.7 Å². The molecule has 1 saturated heterocycles. The summed E-state index contributed by atoms with van der Waals surface area (Å²) in [6.45, 7) is 0.0789. The quantitative estimate of drug-likeness (QED) is 0.614. The number of ether oxygens (including phenoxy) is 1. The Morgan fingerprint density at radius 3 is 2.74 bits per heavy atom. The summed E-state index contributed by atoms with van der Waals surface area (Å²) in [5.74, 6) is -1.08. The minimum Gasteiger partial charge on any atom is -0.436 e. The molecular weight excluding hydrogens is 438 g/mol. The first-order valence-electron chi connectivity index (χ1n) is 11.0. The van der Waals surface area contributed by atoms with Crippen molar-refractivity contribution in [3.05, 3.63) is 59.3 Å². The minimum atomic E-state index is -0.980. The molecule has 1 heterocycles. The second kappa shape index (κ2) is 9.39. The lowest BCUT2D eigenvalue weighted by atomic mass is 9.85. The number of carbonyl (C=O) groups excluding carboxylic acids is 4. The van der Waals surface area contributed by atoms with Crippen molar-refractivity contribution in [1.82, 2.24) is 20.4 Å². The summed E-state index contributed by atoms with van der Waals surface area (Å²) >= 11 is 0. The molecule has 34 heavy (non-hydrogen) atoms. The monoisotopic (exact) mass is 463 g/mol. The number of rotatable bonds is 6. The van der Waals surface area contributed by atoms with E-state index in [4.69, 9.17) is 10.00 Å². The molecule has 176 valence electrons. The number of hydrogen-bond acceptors (Lipinski definition) is 6. The van der Waals surface area contributed by atoms with Crippen LogP contribution in [0.1, 0.15) is 18.4 Å². The second-order valence-electron chi connectivity index (χ2n) is 8.47. The van der Waals surface area contributed by atoms with Crippen LogP contribution >= 0.6 is 0 Å². The smallest absolute Gasteiger partial charge is 0.411 e. The lowest BCUT2D eigenvalue weighted by Gasteiger charge is -2.27. The molecule has 1 unspecified atom stereocenters. The first kappa shape index (κ1) is 23.0. The van der Waals surface area contributed by atoms with Crippen LogP contribution in [0.15, 0.2) is 53.8 Å². The molecule has 2 N–H and O–H groups in total. The van der Waals surface area contributed by atoms with Gasteiger partial charge >= 0.3 is 12.1 Å². The van der Waals surface area contributed by atoms with Gasteiger partial charge in [0.05, 0.1) is 18.3 Å². The van der Waals surface area contributed by atoms with Crippen LogP contribution in [0.5, 0.6) is 0 Å². The maximum Gasteiger partial charge on any atom is 0.411 e. The van der Waals surface area contributed by atoms with Gasteiger partial charge in [0.25, 0.3) is 0 Å². The summed E-state index contributed by atoms with van der Waals surface area (Å²) in [6, 6.07) is 10.8. The number of urea groups is 1. The standard InChI is InChI=1S/C24H25N5O5/c1-26-22(32)27-19-8-7-18-17(21(19)31)9-10-24(18)15-29(23(33)34-24)14-20(30)28(12-11-25)13-16-5-3-2-4-6-16/h2-8,17H,9-10,12-15H2,1H3,(H2,26,27,32)/t17?,24-/m0/s1. The molecule has 0 radical (unpaired) electrons. The van der Waals surface area contributed by atoms with E-state index >= 15 is 0 Å². The highest BCUT2D eigenvalue weighted by Gasteiger charge is 2.56. The molecule has 1 aliphatic heterocycles. The van der Waals surface area contributed by atoms with Gasteiger partial charge in [-0.2, -0.15) is 5.26 Å². The van der Waals surface area contributed by atoms with Crippen LogP contribution in [0.25, 0.3) is 0 Å². The number of benzene rings is 1. The maximum absolute atomic E-state index is 13.0. The fourth-order valence-electron chi connectivity index (χ4n) is 4.69. The zero-order chi connectivity index (χ0) is 24.3. The van der Waals surface area contributed by atoms with E-state index in [0.717, 1.165) is 5.56 Å². The third kappa shape index (κ3) is 4.37. The molecule has 2 atom stereocenters. The van der Waals surface area contributed by atoms with Gasteiger partial charge in [0.2, 0.25) is 5.91 Å². The number of nitriles is 1. The third-order valence-electron chi connectivity index (χ3n) is 6.37. The third-order valence-corrected chi connectivity index (χ3v) is 6.37. The topological polar surface area (TPSA) is 132 Å². The average molecular weight is 463 g/mol. The van der Waals surface area contributed by atoms with Gasteiger partial charge in [-0.25, -0.2) is 9.59 Å². The van der Waals surface area contributed by atoms with Crippen molar-refractivity contribution < 1.29 is 23.9 Å². The first-order chi connectivity index (χ1) is 16.4. The molecule has 1 aromatic rings. The number of Topliss-reactive ketones (excluding diaryl/α,β-unsaturated/α-hetero) is 1. The SMILES string of the molecule is CNC(=O)NC1=CC=C2C(CC[C@]23CN(CC(=O)N(CC#N)Cc2ccccc2)C(=O)O3)C1=O. The molecule has 0 bridgehead atoms. The van der Waals surface area contributed by atoms with E-state index in [1.54, 1.807) is 6.08 Å². The predicted octanol–water partition coefficient (Wildman–Crippen LogP) is 1.46. The van der Waals surface area contributed by atoms with E-state index in [1.165, 1.54) is 22.9 Å². The Kier molecular flexibility index (Phi) is 6.36. The Labute approximate surface area is 196 Å². The Bertz CT molecular complexity index is 1120. The Morgan fingerprint density at radius 1 is 1.26 bits per heavy atom. The number of ketones is 1. The molecule has 10 nitrogen and oxygen atoms in total. The van der Waals surface area contributed by atoms with Gasteiger partial charge in [-0.05, 0) is 30.1 Å². The lowest BCUT2D eigenvalue weighted by molar-refractivity contribution is -0.131. The van der Waals surface area contributed by atoms with E-state index in [0.29, 0.717) is 18.4 Å². The average Bonchev–Trinajstić information content (AvgIpc) is 3.35. The zero-order valence-corrected chi connectivity index (χ0v) is 18.7. The molecule has 1 aromatic carbocycles. The van der Waals surface area contributed by atoms with Crippen molar-refractivity contribution in [2.45, 2.75) is 25.0 Å². The number of nitrogens with one attached hydrogen (secondary N) is 2. The summed E-state index contributed by atoms with van der Waals surface area (Å²) in [4.78, 5) is 52.8. The van der Waals surface area contributed by atoms with Crippen molar-refractivity contribution in [2.24, 2.45) is 5.92 Å². The van der Waals surface area contributed by atoms with Crippen molar-refractivity contribution in [3.63, 3.8) is 0 Å². The summed E-state index contributed by atoms with van der Waals surface area (Å²) < 4.78 is 5.74. The van der Waals surface area contributed by atoms with E-state index in [9.17, 15) is 19.2 Å². The Balaban J connectivity index is 1.47. The van der Waals surface area contributed by atoms with Crippen molar-refractivity contribution in [1.29, 1.82) is 5.26 Å². The summed E-state index contributed by atoms with van der Waals surface area (Å²) in [5.41, 5.74) is 0.770. The highest BCUT2D eigenvalue weighted by Crippen LogP contribution is 2.48. The van der Waals surface area contributed by atoms with Gasteiger partial charge < -0.3 is 20.3 Å². The van der Waals surface area contributed by atoms with Crippen molar-refractivity contribution in [3.8, 4) is 6.07 Å². The number of carbonyl (C=O) groups is 4. The van der Waals surface area contributed by atoms with Crippen LogP contribution in [0, 0.1) is 17.2 Å². The molecule has 2 fully saturated rings. The highest BCUT2D eigenvalue weighted by molar-refractivity contribution is 6.03. The van der Waals surface area contributed by atoms with Crippen LogP contribution in [0.4, 0.5) is 9.59 Å². The number of amides is 4. The van der Waals surface area contributed by atoms with Gasteiger partial charge in [0.15, 0.2) is 11.4 Å². The molecule has 1 saturated carbocycles. The Morgan fingerprint density at radius 2 is 2.03 bits per heavy atom. The van der Waals surface area contributed by atoms with Gasteiger partial charge in [0, 0.05) is 19.5 Å². The van der Waals surface area contributed by atoms with Gasteiger partial charge in [-0.1, -0.05) is 36.4 Å². The fourth-order valence-corrected chi connectivity index (χ4v) is 4.69. The first-order valence-corrected chi connectivity index (χ1v) is 11.0. The Hall–Kier alpha value is -4.13. The molecular formula is C24H25N5O5. The number of allylic oxidation sites excluding steroid dienone is 3. The minimum absolute atomic E-state index is 0.102. The van der Waals surface area contributed by atoms with E-state index in [2.05, 4.69) is 10.6 Å². The van der Waals surface area contributed by atoms with Crippen LogP contribution in [-0.4, -0.2) is 65.9 Å². The molecule has 4 amide bonds. The summed E-state index contributed by atoms with van der Waals surface area (Å²) in [7, 11) is 1.46. The zero-order valence-electron chi connectivity index (χ0n) is 18.7. The highest BCUT2D eigenvalue weighted by atomic mass is 16.6. The van der Waals surface area contributed by atoms with E-state index in [-0.39, 0.29) is 43.6 Å². The van der Waals surface area contributed by atoms with Crippen LogP contribution in [-0.2, 0) is 20.9 Å². The van der Waals surface area contributed by atoms with Crippen LogP contribution < -0.4 is 10.6 Å². The van der Waals surface area contributed by atoms with E-state index in [1.807, 2.05) is 36.4 Å². The van der Waals surface area contributed by atoms with Crippen LogP contribution in [0.3, 0.4) is 0 Å². The lowest BCUT2D eigenvalue weighted by Crippen LogP contribution is -2.42. The molecule has 0 aromatic heterocycles. The number of nitrogens with zero attached hydrogens (tertiary/aromatic N) is 3. The second-order valence-corrected chi connectivity index (χ2v) is 8.47. The fraction of sp³-hybridized carbons (Fsp3) is 0.375. The van der Waals surface area contributed by atoms with Gasteiger partial charge in [-0.3, -0.25) is 14.5 Å². The molecule has 3 aliphatic rings. The summed E-state index contributed by atoms with van der Waals surface area (Å²) in [5, 5.41) is 14.1. The van der Waals surface area contributed by atoms with Crippen molar-refractivity contribution >= 4 is 23.8 Å². The maximum atomic E-state index is 13.0. The normalized spacial score (nSPS) is 22.9. The van der Waals surface area contributed by atoms with Gasteiger partial charge in [-0.15, -0.1) is 0 Å². The number of fused-ring (bicyclic) bond motifs is 2. The summed E-state index contributed by atoms with van der Waals surface area (Å²) in [6.07, 6.45) is 3.53. The number of hydrogen-bond donors (Lipinski definition) is 2. The largest absolute Gasteiger partial charge is 0.436 e. The molecule has 2 aliphatic carbocycles.